The normalized spacial score (nSPS) is 15.7. The largest absolute Gasteiger partial charge is 0.478 e. The maximum atomic E-state index is 11.3. The van der Waals surface area contributed by atoms with Crippen molar-refractivity contribution in [1.82, 2.24) is 0 Å². The smallest absolute Gasteiger partial charge is 0.362 e. The average molecular weight is 259 g/mol. The zero-order valence-corrected chi connectivity index (χ0v) is 11.7. The summed E-state index contributed by atoms with van der Waals surface area (Å²) in [6, 6.07) is 0. The molecule has 6 heteroatoms. The van der Waals surface area contributed by atoms with Crippen molar-refractivity contribution in [2.75, 3.05) is 6.61 Å². The molecule has 0 radical (unpaired) electrons. The zero-order chi connectivity index (χ0) is 14.6. The van der Waals surface area contributed by atoms with Gasteiger partial charge in [0.2, 0.25) is 6.08 Å². The Hall–Kier alpha value is -1.23. The molecule has 0 amide bonds. The van der Waals surface area contributed by atoms with Crippen molar-refractivity contribution in [2.24, 2.45) is 4.99 Å². The average Bonchev–Trinajstić information content (AvgIpc) is 2.10. The minimum absolute atomic E-state index is 0.363. The van der Waals surface area contributed by atoms with Gasteiger partial charge in [-0.2, -0.15) is 4.99 Å². The van der Waals surface area contributed by atoms with E-state index in [1.807, 2.05) is 0 Å². The lowest BCUT2D eigenvalue weighted by molar-refractivity contribution is -0.202. The molecule has 0 aromatic carbocycles. The maximum Gasteiger partial charge on any atom is 0.362 e. The topological polar surface area (TPSA) is 85.2 Å². The first-order valence-corrected chi connectivity index (χ1v) is 5.58. The van der Waals surface area contributed by atoms with Crippen LogP contribution in [0, 0.1) is 0 Å². The van der Waals surface area contributed by atoms with E-state index in [-0.39, 0.29) is 6.61 Å². The number of carbonyl (C=O) groups is 1. The second-order valence-electron chi connectivity index (χ2n) is 5.91. The van der Waals surface area contributed by atoms with Gasteiger partial charge in [-0.1, -0.05) is 0 Å². The molecule has 0 spiro atoms. The molecule has 0 aromatic heterocycles. The lowest BCUT2D eigenvalue weighted by atomic mass is 10.1. The molecule has 0 heterocycles. The summed E-state index contributed by atoms with van der Waals surface area (Å²) in [4.78, 5) is 25.1. The Kier molecular flexibility index (Phi) is 5.22. The van der Waals surface area contributed by atoms with Crippen molar-refractivity contribution >= 4 is 12.0 Å². The number of hydrogen-bond donors (Lipinski definition) is 1. The monoisotopic (exact) mass is 259 g/mol. The van der Waals surface area contributed by atoms with Crippen molar-refractivity contribution < 1.29 is 24.2 Å². The molecule has 0 aliphatic rings. The van der Waals surface area contributed by atoms with E-state index < -0.39 is 22.9 Å². The molecule has 104 valence electrons. The summed E-state index contributed by atoms with van der Waals surface area (Å²) in [5.74, 6) is -1.38. The quantitative estimate of drug-likeness (QED) is 0.600. The van der Waals surface area contributed by atoms with Gasteiger partial charge in [-0.25, -0.2) is 9.59 Å². The second-order valence-corrected chi connectivity index (χ2v) is 5.91. The zero-order valence-electron chi connectivity index (χ0n) is 11.7. The van der Waals surface area contributed by atoms with Gasteiger partial charge in [0.1, 0.15) is 6.61 Å². The number of carboxylic acid groups (broad SMARTS) is 1. The van der Waals surface area contributed by atoms with Crippen molar-refractivity contribution in [3.8, 4) is 0 Å². The fourth-order valence-electron chi connectivity index (χ4n) is 1.13. The van der Waals surface area contributed by atoms with Gasteiger partial charge in [0.05, 0.1) is 11.2 Å². The van der Waals surface area contributed by atoms with Gasteiger partial charge in [-0.05, 0) is 41.5 Å². The highest BCUT2D eigenvalue weighted by Gasteiger charge is 2.45. The Morgan fingerprint density at radius 1 is 1.17 bits per heavy atom. The van der Waals surface area contributed by atoms with Crippen molar-refractivity contribution in [3.63, 3.8) is 0 Å². The summed E-state index contributed by atoms with van der Waals surface area (Å²) < 4.78 is 10.7. The number of aliphatic carboxylic acids is 1. The third kappa shape index (κ3) is 5.91. The molecule has 0 saturated heterocycles. The van der Waals surface area contributed by atoms with Crippen LogP contribution < -0.4 is 0 Å². The van der Waals surface area contributed by atoms with E-state index in [1.165, 1.54) is 6.08 Å². The number of isocyanates is 1. The SMILES string of the molecule is CC(C)(C)OC[C@@](N=C=O)(OC(C)(C)C)C(=O)O. The molecule has 0 aliphatic carbocycles. The fraction of sp³-hybridized carbons (Fsp3) is 0.833. The third-order valence-corrected chi connectivity index (χ3v) is 1.74. The number of hydrogen-bond acceptors (Lipinski definition) is 5. The third-order valence-electron chi connectivity index (χ3n) is 1.74. The minimum atomic E-state index is -2.06. The highest BCUT2D eigenvalue weighted by Crippen LogP contribution is 2.24. The lowest BCUT2D eigenvalue weighted by Crippen LogP contribution is -2.50. The van der Waals surface area contributed by atoms with Crippen LogP contribution in [-0.2, 0) is 19.1 Å². The van der Waals surface area contributed by atoms with Crippen LogP contribution >= 0.6 is 0 Å². The van der Waals surface area contributed by atoms with E-state index in [0.29, 0.717) is 0 Å². The van der Waals surface area contributed by atoms with Crippen molar-refractivity contribution in [1.29, 1.82) is 0 Å². The predicted octanol–water partition coefficient (Wildman–Crippen LogP) is 1.73. The van der Waals surface area contributed by atoms with Crippen LogP contribution in [0.1, 0.15) is 41.5 Å². The van der Waals surface area contributed by atoms with E-state index in [2.05, 4.69) is 4.99 Å². The standard InChI is InChI=1S/C12H21NO5/c1-10(2,3)17-7-12(9(15)16,13-8-14)18-11(4,5)6/h7H2,1-6H3,(H,15,16)/t12-/m1/s1. The number of ether oxygens (including phenoxy) is 2. The summed E-state index contributed by atoms with van der Waals surface area (Å²) in [6.07, 6.45) is 1.24. The molecule has 0 bridgehead atoms. The molecule has 18 heavy (non-hydrogen) atoms. The predicted molar refractivity (Wildman–Crippen MR) is 65.0 cm³/mol. The highest BCUT2D eigenvalue weighted by molar-refractivity contribution is 5.78. The lowest BCUT2D eigenvalue weighted by Gasteiger charge is -2.33. The molecule has 1 atom stereocenters. The molecular weight excluding hydrogens is 238 g/mol. The number of carbonyl (C=O) groups excluding carboxylic acids is 1. The van der Waals surface area contributed by atoms with Crippen molar-refractivity contribution in [2.45, 2.75) is 58.5 Å². The molecule has 0 saturated carbocycles. The first kappa shape index (κ1) is 16.8. The van der Waals surface area contributed by atoms with Crippen LogP contribution in [0.5, 0.6) is 0 Å². The van der Waals surface area contributed by atoms with Gasteiger partial charge in [-0.3, -0.25) is 0 Å². The van der Waals surface area contributed by atoms with Crippen LogP contribution in [0.15, 0.2) is 4.99 Å². The van der Waals surface area contributed by atoms with Crippen LogP contribution in [0.3, 0.4) is 0 Å². The van der Waals surface area contributed by atoms with Crippen LogP contribution in [0.2, 0.25) is 0 Å². The molecule has 6 nitrogen and oxygen atoms in total. The van der Waals surface area contributed by atoms with E-state index in [9.17, 15) is 14.7 Å². The minimum Gasteiger partial charge on any atom is -0.478 e. The van der Waals surface area contributed by atoms with Gasteiger partial charge in [0.25, 0.3) is 5.72 Å². The van der Waals surface area contributed by atoms with Gasteiger partial charge >= 0.3 is 5.97 Å². The summed E-state index contributed by atoms with van der Waals surface area (Å²) >= 11 is 0. The highest BCUT2D eigenvalue weighted by atomic mass is 16.6. The van der Waals surface area contributed by atoms with Gasteiger partial charge in [0, 0.05) is 0 Å². The van der Waals surface area contributed by atoms with E-state index in [0.717, 1.165) is 0 Å². The number of nitrogens with zero attached hydrogens (tertiary/aromatic N) is 1. The molecule has 0 aromatic rings. The molecule has 0 rings (SSSR count). The van der Waals surface area contributed by atoms with Gasteiger partial charge in [0.15, 0.2) is 0 Å². The molecular formula is C12H21NO5. The number of rotatable bonds is 5. The Morgan fingerprint density at radius 3 is 1.94 bits per heavy atom. The van der Waals surface area contributed by atoms with Crippen LogP contribution in [-0.4, -0.2) is 40.7 Å². The Balaban J connectivity index is 5.24. The van der Waals surface area contributed by atoms with E-state index >= 15 is 0 Å². The van der Waals surface area contributed by atoms with Gasteiger partial charge < -0.3 is 14.6 Å². The van der Waals surface area contributed by atoms with Crippen LogP contribution in [0.4, 0.5) is 0 Å². The Labute approximate surface area is 107 Å². The fourth-order valence-corrected chi connectivity index (χ4v) is 1.13. The number of aliphatic imine (C=N–C) groups is 1. The first-order chi connectivity index (χ1) is 7.92. The summed E-state index contributed by atoms with van der Waals surface area (Å²) in [6.45, 7) is 9.94. The molecule has 0 unspecified atom stereocenters. The molecule has 0 fully saturated rings. The maximum absolute atomic E-state index is 11.3. The Bertz CT molecular complexity index is 342. The van der Waals surface area contributed by atoms with Crippen molar-refractivity contribution in [3.05, 3.63) is 0 Å². The summed E-state index contributed by atoms with van der Waals surface area (Å²) in [5.41, 5.74) is -3.42. The molecule has 0 aliphatic heterocycles. The number of carboxylic acids is 1. The van der Waals surface area contributed by atoms with E-state index in [1.54, 1.807) is 41.5 Å². The summed E-state index contributed by atoms with van der Waals surface area (Å²) in [7, 11) is 0. The first-order valence-electron chi connectivity index (χ1n) is 5.58. The van der Waals surface area contributed by atoms with Crippen LogP contribution in [0.25, 0.3) is 0 Å². The summed E-state index contributed by atoms with van der Waals surface area (Å²) in [5, 5.41) is 9.24. The van der Waals surface area contributed by atoms with Gasteiger partial charge in [-0.15, -0.1) is 0 Å². The molecule has 1 N–H and O–H groups in total. The van der Waals surface area contributed by atoms with E-state index in [4.69, 9.17) is 9.47 Å². The second kappa shape index (κ2) is 5.61. The Morgan fingerprint density at radius 2 is 1.67 bits per heavy atom.